The molecule has 1 unspecified atom stereocenters. The van der Waals surface area contributed by atoms with Crippen LogP contribution in [-0.4, -0.2) is 32.1 Å². The number of nitrogens with zero attached hydrogens (tertiary/aromatic N) is 3. The van der Waals surface area contributed by atoms with E-state index in [1.165, 1.54) is 17.3 Å². The third kappa shape index (κ3) is 6.32. The van der Waals surface area contributed by atoms with Gasteiger partial charge in [0.15, 0.2) is 5.96 Å². The SMILES string of the molecule is CN=C(NCc1ccc(C#N)cc1F)NC1CCCN(c2ccc(C)cc2)C1.I. The first-order valence-corrected chi connectivity index (χ1v) is 9.56. The first kappa shape index (κ1) is 22.9. The highest BCUT2D eigenvalue weighted by molar-refractivity contribution is 14.0. The maximum Gasteiger partial charge on any atom is 0.191 e. The van der Waals surface area contributed by atoms with E-state index in [1.807, 2.05) is 6.07 Å². The summed E-state index contributed by atoms with van der Waals surface area (Å²) < 4.78 is 14.1. The van der Waals surface area contributed by atoms with Crippen LogP contribution in [0.4, 0.5) is 10.1 Å². The van der Waals surface area contributed by atoms with Crippen molar-refractivity contribution in [3.05, 3.63) is 65.0 Å². The third-order valence-corrected chi connectivity index (χ3v) is 5.01. The van der Waals surface area contributed by atoms with Crippen LogP contribution in [0.25, 0.3) is 0 Å². The van der Waals surface area contributed by atoms with Crippen molar-refractivity contribution in [2.24, 2.45) is 4.99 Å². The van der Waals surface area contributed by atoms with Gasteiger partial charge in [-0.3, -0.25) is 4.99 Å². The molecule has 1 fully saturated rings. The second kappa shape index (κ2) is 11.0. The summed E-state index contributed by atoms with van der Waals surface area (Å²) in [6.07, 6.45) is 2.17. The molecular weight excluding hydrogens is 480 g/mol. The molecule has 0 amide bonds. The van der Waals surface area contributed by atoms with Crippen LogP contribution in [0.15, 0.2) is 47.5 Å². The number of nitriles is 1. The highest BCUT2D eigenvalue weighted by atomic mass is 127. The number of hydrogen-bond acceptors (Lipinski definition) is 3. The summed E-state index contributed by atoms with van der Waals surface area (Å²) in [4.78, 5) is 6.65. The number of hydrogen-bond donors (Lipinski definition) is 2. The molecule has 0 aromatic heterocycles. The molecule has 3 rings (SSSR count). The first-order chi connectivity index (χ1) is 13.6. The normalized spacial score (nSPS) is 16.6. The fourth-order valence-electron chi connectivity index (χ4n) is 3.41. The number of nitrogens with one attached hydrogen (secondary N) is 2. The van der Waals surface area contributed by atoms with Gasteiger partial charge in [0.05, 0.1) is 11.6 Å². The standard InChI is InChI=1S/C22H26FN5.HI/c1-16-5-9-20(10-6-16)28-11-3-4-19(15-28)27-22(25-2)26-14-18-8-7-17(13-24)12-21(18)23;/h5-10,12,19H,3-4,11,14-15H2,1-2H3,(H2,25,26,27);1H. The molecule has 5 nitrogen and oxygen atoms in total. The maximum absolute atomic E-state index is 14.1. The summed E-state index contributed by atoms with van der Waals surface area (Å²) in [5, 5.41) is 15.5. The molecule has 0 saturated carbocycles. The molecule has 0 aliphatic carbocycles. The van der Waals surface area contributed by atoms with Crippen molar-refractivity contribution >= 4 is 35.6 Å². The van der Waals surface area contributed by atoms with Gasteiger partial charge in [-0.15, -0.1) is 24.0 Å². The van der Waals surface area contributed by atoms with Gasteiger partial charge < -0.3 is 15.5 Å². The molecule has 1 saturated heterocycles. The lowest BCUT2D eigenvalue weighted by atomic mass is 10.0. The van der Waals surface area contributed by atoms with E-state index in [4.69, 9.17) is 5.26 Å². The molecule has 0 radical (unpaired) electrons. The van der Waals surface area contributed by atoms with Crippen LogP contribution in [0, 0.1) is 24.1 Å². The minimum atomic E-state index is -0.384. The Kier molecular flexibility index (Phi) is 8.70. The van der Waals surface area contributed by atoms with E-state index >= 15 is 0 Å². The molecule has 29 heavy (non-hydrogen) atoms. The molecule has 7 heteroatoms. The van der Waals surface area contributed by atoms with E-state index in [0.717, 1.165) is 25.9 Å². The summed E-state index contributed by atoms with van der Waals surface area (Å²) in [6, 6.07) is 15.3. The quantitative estimate of drug-likeness (QED) is 0.374. The van der Waals surface area contributed by atoms with Crippen LogP contribution >= 0.6 is 24.0 Å². The Bertz CT molecular complexity index is 876. The first-order valence-electron chi connectivity index (χ1n) is 9.56. The minimum absolute atomic E-state index is 0. The molecule has 0 spiro atoms. The molecule has 154 valence electrons. The molecule has 0 bridgehead atoms. The van der Waals surface area contributed by atoms with E-state index in [1.54, 1.807) is 19.2 Å². The number of aryl methyl sites for hydroxylation is 1. The van der Waals surface area contributed by atoms with Gasteiger partial charge in [0.25, 0.3) is 0 Å². The summed E-state index contributed by atoms with van der Waals surface area (Å²) in [7, 11) is 1.71. The number of aliphatic imine (C=N–C) groups is 1. The largest absolute Gasteiger partial charge is 0.369 e. The summed E-state index contributed by atoms with van der Waals surface area (Å²) in [5.41, 5.74) is 3.32. The monoisotopic (exact) mass is 507 g/mol. The topological polar surface area (TPSA) is 63.5 Å². The number of guanidine groups is 1. The Morgan fingerprint density at radius 3 is 2.69 bits per heavy atom. The van der Waals surface area contributed by atoms with Crippen LogP contribution < -0.4 is 15.5 Å². The Labute approximate surface area is 189 Å². The lowest BCUT2D eigenvalue weighted by molar-refractivity contribution is 0.467. The molecule has 2 aromatic rings. The summed E-state index contributed by atoms with van der Waals surface area (Å²) in [5.74, 6) is 0.268. The zero-order valence-electron chi connectivity index (χ0n) is 16.8. The molecule has 1 aliphatic heterocycles. The fourth-order valence-corrected chi connectivity index (χ4v) is 3.41. The predicted octanol–water partition coefficient (Wildman–Crippen LogP) is 3.96. The summed E-state index contributed by atoms with van der Waals surface area (Å²) in [6.45, 7) is 4.35. The molecular formula is C22H27FIN5. The van der Waals surface area contributed by atoms with Crippen molar-refractivity contribution in [3.63, 3.8) is 0 Å². The highest BCUT2D eigenvalue weighted by Crippen LogP contribution is 2.20. The lowest BCUT2D eigenvalue weighted by Crippen LogP contribution is -2.51. The number of rotatable bonds is 4. The number of anilines is 1. The van der Waals surface area contributed by atoms with E-state index in [2.05, 4.69) is 51.7 Å². The molecule has 1 atom stereocenters. The molecule has 2 N–H and O–H groups in total. The van der Waals surface area contributed by atoms with Crippen LogP contribution in [0.5, 0.6) is 0 Å². The van der Waals surface area contributed by atoms with Crippen LogP contribution in [0.2, 0.25) is 0 Å². The average Bonchev–Trinajstić information content (AvgIpc) is 2.72. The van der Waals surface area contributed by atoms with Gasteiger partial charge in [0.1, 0.15) is 5.82 Å². The van der Waals surface area contributed by atoms with Gasteiger partial charge in [-0.05, 0) is 44.0 Å². The van der Waals surface area contributed by atoms with Gasteiger partial charge in [0, 0.05) is 44.0 Å². The van der Waals surface area contributed by atoms with Crippen molar-refractivity contribution in [1.82, 2.24) is 10.6 Å². The van der Waals surface area contributed by atoms with Crippen LogP contribution in [-0.2, 0) is 6.54 Å². The Morgan fingerprint density at radius 1 is 1.28 bits per heavy atom. The second-order valence-electron chi connectivity index (χ2n) is 7.11. The average molecular weight is 507 g/mol. The maximum atomic E-state index is 14.1. The van der Waals surface area contributed by atoms with Crippen LogP contribution in [0.1, 0.15) is 29.5 Å². The molecule has 2 aromatic carbocycles. The zero-order chi connectivity index (χ0) is 19.9. The molecule has 1 aliphatic rings. The number of halogens is 2. The lowest BCUT2D eigenvalue weighted by Gasteiger charge is -2.35. The zero-order valence-corrected chi connectivity index (χ0v) is 19.1. The number of piperidine rings is 1. The van der Waals surface area contributed by atoms with Gasteiger partial charge in [-0.2, -0.15) is 5.26 Å². The van der Waals surface area contributed by atoms with Gasteiger partial charge in [-0.25, -0.2) is 4.39 Å². The minimum Gasteiger partial charge on any atom is -0.369 e. The smallest absolute Gasteiger partial charge is 0.191 e. The number of benzene rings is 2. The van der Waals surface area contributed by atoms with E-state index in [9.17, 15) is 4.39 Å². The Morgan fingerprint density at radius 2 is 2.03 bits per heavy atom. The predicted molar refractivity (Wildman–Crippen MR) is 126 cm³/mol. The fraction of sp³-hybridized carbons (Fsp3) is 0.364. The van der Waals surface area contributed by atoms with Crippen molar-refractivity contribution in [2.75, 3.05) is 25.0 Å². The van der Waals surface area contributed by atoms with Crippen molar-refractivity contribution in [3.8, 4) is 6.07 Å². The Hall–Kier alpha value is -2.34. The van der Waals surface area contributed by atoms with E-state index in [0.29, 0.717) is 23.6 Å². The van der Waals surface area contributed by atoms with E-state index in [-0.39, 0.29) is 35.8 Å². The van der Waals surface area contributed by atoms with Crippen LogP contribution in [0.3, 0.4) is 0 Å². The van der Waals surface area contributed by atoms with Crippen molar-refractivity contribution in [2.45, 2.75) is 32.4 Å². The summed E-state index contributed by atoms with van der Waals surface area (Å²) >= 11 is 0. The Balaban J connectivity index is 0.00000300. The van der Waals surface area contributed by atoms with Gasteiger partial charge in [-0.1, -0.05) is 23.8 Å². The molecule has 1 heterocycles. The van der Waals surface area contributed by atoms with Crippen molar-refractivity contribution < 1.29 is 4.39 Å². The second-order valence-corrected chi connectivity index (χ2v) is 7.11. The highest BCUT2D eigenvalue weighted by Gasteiger charge is 2.21. The van der Waals surface area contributed by atoms with Gasteiger partial charge in [0.2, 0.25) is 0 Å². The van der Waals surface area contributed by atoms with Crippen molar-refractivity contribution in [1.29, 1.82) is 5.26 Å². The van der Waals surface area contributed by atoms with Gasteiger partial charge >= 0.3 is 0 Å². The van der Waals surface area contributed by atoms with E-state index < -0.39 is 0 Å². The third-order valence-electron chi connectivity index (χ3n) is 5.01.